The summed E-state index contributed by atoms with van der Waals surface area (Å²) >= 11 is 5.76. The lowest BCUT2D eigenvalue weighted by molar-refractivity contribution is -0.141. The lowest BCUT2D eigenvalue weighted by Gasteiger charge is -2.21. The van der Waals surface area contributed by atoms with Gasteiger partial charge in [-0.05, 0) is 18.6 Å². The summed E-state index contributed by atoms with van der Waals surface area (Å²) < 4.78 is 17.9. The van der Waals surface area contributed by atoms with Crippen LogP contribution < -0.4 is 0 Å². The number of rotatable bonds is 5. The van der Waals surface area contributed by atoms with Crippen molar-refractivity contribution in [3.05, 3.63) is 34.6 Å². The number of methoxy groups -OCH3 is 1. The SMILES string of the molecule is CCCN(CC(=O)OC)C(=O)c1cccc(F)c1Cl. The second kappa shape index (κ2) is 7.09. The largest absolute Gasteiger partial charge is 0.468 e. The van der Waals surface area contributed by atoms with E-state index in [1.807, 2.05) is 6.92 Å². The smallest absolute Gasteiger partial charge is 0.325 e. The molecule has 0 spiro atoms. The van der Waals surface area contributed by atoms with Crippen LogP contribution in [0.4, 0.5) is 4.39 Å². The van der Waals surface area contributed by atoms with E-state index in [1.165, 1.54) is 30.2 Å². The van der Waals surface area contributed by atoms with E-state index in [0.29, 0.717) is 13.0 Å². The molecule has 0 bridgehead atoms. The average molecular weight is 288 g/mol. The molecule has 1 rings (SSSR count). The summed E-state index contributed by atoms with van der Waals surface area (Å²) in [6.07, 6.45) is 0.662. The van der Waals surface area contributed by atoms with Gasteiger partial charge in [0.05, 0.1) is 17.7 Å². The predicted octanol–water partition coefficient (Wildman–Crippen LogP) is 2.50. The van der Waals surface area contributed by atoms with Gasteiger partial charge in [-0.2, -0.15) is 0 Å². The number of hydrogen-bond donors (Lipinski definition) is 0. The van der Waals surface area contributed by atoms with Gasteiger partial charge in [-0.15, -0.1) is 0 Å². The maximum absolute atomic E-state index is 13.3. The van der Waals surface area contributed by atoms with Crippen LogP contribution in [0.5, 0.6) is 0 Å². The molecule has 0 fully saturated rings. The zero-order chi connectivity index (χ0) is 14.4. The van der Waals surface area contributed by atoms with Crippen molar-refractivity contribution >= 4 is 23.5 Å². The van der Waals surface area contributed by atoms with Crippen LogP contribution in [0.1, 0.15) is 23.7 Å². The second-order valence-electron chi connectivity index (χ2n) is 3.90. The van der Waals surface area contributed by atoms with Gasteiger partial charge in [0.25, 0.3) is 5.91 Å². The number of halogens is 2. The van der Waals surface area contributed by atoms with Crippen molar-refractivity contribution in [1.29, 1.82) is 0 Å². The van der Waals surface area contributed by atoms with Crippen LogP contribution in [-0.4, -0.2) is 37.0 Å². The molecule has 19 heavy (non-hydrogen) atoms. The van der Waals surface area contributed by atoms with E-state index in [-0.39, 0.29) is 17.1 Å². The fourth-order valence-corrected chi connectivity index (χ4v) is 1.79. The number of esters is 1. The minimum Gasteiger partial charge on any atom is -0.468 e. The number of carbonyl (C=O) groups excluding carboxylic acids is 2. The van der Waals surface area contributed by atoms with Crippen LogP contribution in [0, 0.1) is 5.82 Å². The molecular weight excluding hydrogens is 273 g/mol. The predicted molar refractivity (Wildman–Crippen MR) is 69.6 cm³/mol. The van der Waals surface area contributed by atoms with E-state index in [2.05, 4.69) is 4.74 Å². The molecule has 4 nitrogen and oxygen atoms in total. The van der Waals surface area contributed by atoms with Crippen molar-refractivity contribution in [1.82, 2.24) is 4.90 Å². The Balaban J connectivity index is 2.98. The lowest BCUT2D eigenvalue weighted by atomic mass is 10.2. The van der Waals surface area contributed by atoms with E-state index >= 15 is 0 Å². The van der Waals surface area contributed by atoms with Crippen LogP contribution in [0.15, 0.2) is 18.2 Å². The van der Waals surface area contributed by atoms with Crippen molar-refractivity contribution in [2.24, 2.45) is 0 Å². The molecule has 0 aliphatic heterocycles. The Morgan fingerprint density at radius 2 is 2.11 bits per heavy atom. The molecule has 0 saturated heterocycles. The van der Waals surface area contributed by atoms with Gasteiger partial charge in [-0.1, -0.05) is 24.6 Å². The fourth-order valence-electron chi connectivity index (χ4n) is 1.58. The van der Waals surface area contributed by atoms with Gasteiger partial charge in [-0.25, -0.2) is 4.39 Å². The first-order valence-electron chi connectivity index (χ1n) is 5.81. The van der Waals surface area contributed by atoms with Gasteiger partial charge in [-0.3, -0.25) is 9.59 Å². The van der Waals surface area contributed by atoms with Crippen LogP contribution in [0.2, 0.25) is 5.02 Å². The summed E-state index contributed by atoms with van der Waals surface area (Å²) in [6, 6.07) is 3.99. The summed E-state index contributed by atoms with van der Waals surface area (Å²) in [6.45, 7) is 2.04. The number of benzene rings is 1. The third-order valence-electron chi connectivity index (χ3n) is 2.51. The normalized spacial score (nSPS) is 10.1. The first kappa shape index (κ1) is 15.4. The molecule has 1 aromatic rings. The fraction of sp³-hybridized carbons (Fsp3) is 0.385. The zero-order valence-electron chi connectivity index (χ0n) is 10.8. The van der Waals surface area contributed by atoms with Gasteiger partial charge >= 0.3 is 5.97 Å². The molecule has 0 aromatic heterocycles. The molecule has 104 valence electrons. The number of hydrogen-bond acceptors (Lipinski definition) is 3. The van der Waals surface area contributed by atoms with E-state index < -0.39 is 17.7 Å². The van der Waals surface area contributed by atoms with Crippen molar-refractivity contribution in [2.45, 2.75) is 13.3 Å². The summed E-state index contributed by atoms with van der Waals surface area (Å²) in [5.41, 5.74) is 0.0408. The Morgan fingerprint density at radius 1 is 1.42 bits per heavy atom. The third-order valence-corrected chi connectivity index (χ3v) is 2.89. The van der Waals surface area contributed by atoms with Gasteiger partial charge in [0, 0.05) is 6.54 Å². The van der Waals surface area contributed by atoms with E-state index in [1.54, 1.807) is 0 Å². The second-order valence-corrected chi connectivity index (χ2v) is 4.28. The number of nitrogens with zero attached hydrogens (tertiary/aromatic N) is 1. The molecule has 0 radical (unpaired) electrons. The Labute approximate surface area is 116 Å². The van der Waals surface area contributed by atoms with E-state index in [0.717, 1.165) is 0 Å². The van der Waals surface area contributed by atoms with Crippen LogP contribution in [0.3, 0.4) is 0 Å². The van der Waals surface area contributed by atoms with E-state index in [9.17, 15) is 14.0 Å². The Bertz CT molecular complexity index is 479. The highest BCUT2D eigenvalue weighted by Crippen LogP contribution is 2.21. The minimum atomic E-state index is -0.665. The van der Waals surface area contributed by atoms with Gasteiger partial charge in [0.1, 0.15) is 12.4 Å². The molecule has 0 atom stereocenters. The van der Waals surface area contributed by atoms with Gasteiger partial charge < -0.3 is 9.64 Å². The topological polar surface area (TPSA) is 46.6 Å². The van der Waals surface area contributed by atoms with Crippen molar-refractivity contribution in [3.63, 3.8) is 0 Å². The van der Waals surface area contributed by atoms with Gasteiger partial charge in [0.15, 0.2) is 0 Å². The maximum atomic E-state index is 13.3. The van der Waals surface area contributed by atoms with Crippen LogP contribution in [0.25, 0.3) is 0 Å². The quantitative estimate of drug-likeness (QED) is 0.782. The molecule has 0 aliphatic rings. The summed E-state index contributed by atoms with van der Waals surface area (Å²) in [5, 5.41) is -0.238. The van der Waals surface area contributed by atoms with Crippen molar-refractivity contribution < 1.29 is 18.7 Å². The van der Waals surface area contributed by atoms with Gasteiger partial charge in [0.2, 0.25) is 0 Å². The maximum Gasteiger partial charge on any atom is 0.325 e. The monoisotopic (exact) mass is 287 g/mol. The third kappa shape index (κ3) is 3.92. The first-order chi connectivity index (χ1) is 9.01. The average Bonchev–Trinajstić information content (AvgIpc) is 2.40. The highest BCUT2D eigenvalue weighted by Gasteiger charge is 2.21. The van der Waals surface area contributed by atoms with E-state index in [4.69, 9.17) is 11.6 Å². The lowest BCUT2D eigenvalue weighted by Crippen LogP contribution is -2.37. The molecule has 0 heterocycles. The van der Waals surface area contributed by atoms with Crippen molar-refractivity contribution in [3.8, 4) is 0 Å². The van der Waals surface area contributed by atoms with Crippen molar-refractivity contribution in [2.75, 3.05) is 20.2 Å². The molecular formula is C13H15ClFNO3. The number of ether oxygens (including phenoxy) is 1. The standard InChI is InChI=1S/C13H15ClFNO3/c1-3-7-16(8-11(17)19-2)13(18)9-5-4-6-10(15)12(9)14/h4-6H,3,7-8H2,1-2H3. The molecule has 0 N–H and O–H groups in total. The molecule has 1 amide bonds. The molecule has 6 heteroatoms. The highest BCUT2D eigenvalue weighted by atomic mass is 35.5. The first-order valence-corrected chi connectivity index (χ1v) is 6.19. The zero-order valence-corrected chi connectivity index (χ0v) is 11.5. The Morgan fingerprint density at radius 3 is 2.68 bits per heavy atom. The Hall–Kier alpha value is -1.62. The summed E-state index contributed by atoms with van der Waals surface area (Å²) in [5.74, 6) is -1.69. The molecule has 0 aliphatic carbocycles. The highest BCUT2D eigenvalue weighted by molar-refractivity contribution is 6.34. The molecule has 0 saturated carbocycles. The molecule has 1 aromatic carbocycles. The summed E-state index contributed by atoms with van der Waals surface area (Å²) in [4.78, 5) is 24.8. The van der Waals surface area contributed by atoms with Crippen LogP contribution in [-0.2, 0) is 9.53 Å². The number of carbonyl (C=O) groups is 2. The summed E-state index contributed by atoms with van der Waals surface area (Å²) in [7, 11) is 1.24. The molecule has 0 unspecified atom stereocenters. The Kier molecular flexibility index (Phi) is 5.76. The van der Waals surface area contributed by atoms with Crippen LogP contribution >= 0.6 is 11.6 Å². The number of amides is 1. The minimum absolute atomic E-state index is 0.0408.